The molecule has 0 N–H and O–H groups in total. The van der Waals surface area contributed by atoms with Crippen molar-refractivity contribution in [3.05, 3.63) is 70.3 Å². The zero-order valence-corrected chi connectivity index (χ0v) is 19.4. The van der Waals surface area contributed by atoms with E-state index in [1.165, 1.54) is 29.6 Å². The van der Waals surface area contributed by atoms with Crippen molar-refractivity contribution >= 4 is 0 Å². The van der Waals surface area contributed by atoms with Crippen LogP contribution in [0.5, 0.6) is 0 Å². The third kappa shape index (κ3) is 6.80. The van der Waals surface area contributed by atoms with Crippen LogP contribution in [0.2, 0.25) is 0 Å². The van der Waals surface area contributed by atoms with Gasteiger partial charge in [-0.05, 0) is 86.3 Å². The summed E-state index contributed by atoms with van der Waals surface area (Å²) in [4.78, 5) is 0. The average molecular weight is 379 g/mol. The van der Waals surface area contributed by atoms with E-state index in [1.807, 2.05) is 0 Å². The Morgan fingerprint density at radius 3 is 2.18 bits per heavy atom. The van der Waals surface area contributed by atoms with Gasteiger partial charge in [0.15, 0.2) is 0 Å². The molecule has 1 atom stereocenters. The molecule has 1 aromatic rings. The number of rotatable bonds is 10. The third-order valence-electron chi connectivity index (χ3n) is 5.88. The number of hydrogen-bond donors (Lipinski definition) is 0. The fraction of sp³-hybridized carbons (Fsp3) is 0.571. The maximum Gasteiger partial charge on any atom is -0.00578 e. The van der Waals surface area contributed by atoms with Gasteiger partial charge < -0.3 is 0 Å². The lowest BCUT2D eigenvalue weighted by Gasteiger charge is -2.26. The fourth-order valence-corrected chi connectivity index (χ4v) is 4.71. The Kier molecular flexibility index (Phi) is 8.35. The van der Waals surface area contributed by atoms with E-state index in [9.17, 15) is 0 Å². The minimum Gasteiger partial charge on any atom is -0.100 e. The Bertz CT molecular complexity index is 716. The van der Waals surface area contributed by atoms with Gasteiger partial charge in [-0.25, -0.2) is 0 Å². The second-order valence-corrected chi connectivity index (χ2v) is 10.1. The molecule has 1 aliphatic carbocycles. The highest BCUT2D eigenvalue weighted by atomic mass is 14.3. The summed E-state index contributed by atoms with van der Waals surface area (Å²) in [5, 5.41) is 0. The smallest absolute Gasteiger partial charge is 0.00578 e. The van der Waals surface area contributed by atoms with E-state index in [4.69, 9.17) is 0 Å². The first-order chi connectivity index (χ1) is 13.2. The molecule has 0 heteroatoms. The minimum atomic E-state index is 0.538. The van der Waals surface area contributed by atoms with E-state index in [1.54, 1.807) is 16.7 Å². The molecule has 2 rings (SSSR count). The molecule has 1 unspecified atom stereocenters. The SMILES string of the molecule is C=C(C)CC(C)c1ccc(C(CC(C)C)CC(C)C)c(CC2=CC(C)=CC2)c1. The molecule has 0 radical (unpaired) electrons. The van der Waals surface area contributed by atoms with Gasteiger partial charge in [0.2, 0.25) is 0 Å². The van der Waals surface area contributed by atoms with E-state index in [0.717, 1.165) is 31.1 Å². The summed E-state index contributed by atoms with van der Waals surface area (Å²) in [5.74, 6) is 2.66. The lowest BCUT2D eigenvalue weighted by Crippen LogP contribution is -2.11. The summed E-state index contributed by atoms with van der Waals surface area (Å²) in [6.07, 6.45) is 10.6. The number of benzene rings is 1. The molecule has 0 spiro atoms. The van der Waals surface area contributed by atoms with Crippen molar-refractivity contribution in [1.29, 1.82) is 0 Å². The number of allylic oxidation sites excluding steroid dienone is 5. The van der Waals surface area contributed by atoms with Gasteiger partial charge in [-0.1, -0.05) is 81.7 Å². The Hall–Kier alpha value is -1.56. The second-order valence-electron chi connectivity index (χ2n) is 10.1. The monoisotopic (exact) mass is 378 g/mol. The topological polar surface area (TPSA) is 0 Å². The van der Waals surface area contributed by atoms with Crippen molar-refractivity contribution in [3.8, 4) is 0 Å². The molecular formula is C28H42. The molecule has 0 aromatic heterocycles. The molecule has 0 saturated carbocycles. The first kappa shape index (κ1) is 22.7. The third-order valence-corrected chi connectivity index (χ3v) is 5.88. The fourth-order valence-electron chi connectivity index (χ4n) is 4.71. The highest BCUT2D eigenvalue weighted by Crippen LogP contribution is 2.36. The lowest BCUT2D eigenvalue weighted by atomic mass is 9.79. The molecule has 1 aromatic carbocycles. The molecule has 28 heavy (non-hydrogen) atoms. The Morgan fingerprint density at radius 1 is 1.04 bits per heavy atom. The van der Waals surface area contributed by atoms with Crippen LogP contribution in [0.1, 0.15) is 103 Å². The molecule has 0 aliphatic heterocycles. The standard InChI is InChI=1S/C28H42/c1-19(2)13-23(8)25-11-12-28(26(14-20(3)4)15-21(5)6)27(18-25)17-24-10-9-22(7)16-24/h9,11-12,16,18,20-21,23,26H,1,10,13-15,17H2,2-8H3. The van der Waals surface area contributed by atoms with Crippen molar-refractivity contribution in [2.75, 3.05) is 0 Å². The van der Waals surface area contributed by atoms with Gasteiger partial charge in [-0.2, -0.15) is 0 Å². The summed E-state index contributed by atoms with van der Waals surface area (Å²) in [7, 11) is 0. The Labute approximate surface area is 174 Å². The van der Waals surface area contributed by atoms with E-state index < -0.39 is 0 Å². The summed E-state index contributed by atoms with van der Waals surface area (Å²) in [5.41, 5.74) is 8.89. The predicted molar refractivity (Wildman–Crippen MR) is 126 cm³/mol. The summed E-state index contributed by atoms with van der Waals surface area (Å²) < 4.78 is 0. The molecule has 1 aliphatic rings. The van der Waals surface area contributed by atoms with Crippen LogP contribution < -0.4 is 0 Å². The van der Waals surface area contributed by atoms with Crippen molar-refractivity contribution < 1.29 is 0 Å². The zero-order valence-electron chi connectivity index (χ0n) is 19.4. The van der Waals surface area contributed by atoms with Gasteiger partial charge in [0.1, 0.15) is 0 Å². The predicted octanol–water partition coefficient (Wildman–Crippen LogP) is 8.75. The molecule has 0 heterocycles. The first-order valence-corrected chi connectivity index (χ1v) is 11.3. The summed E-state index contributed by atoms with van der Waals surface area (Å²) in [6.45, 7) is 20.3. The largest absolute Gasteiger partial charge is 0.100 e. The van der Waals surface area contributed by atoms with Crippen LogP contribution in [0.4, 0.5) is 0 Å². The van der Waals surface area contributed by atoms with Crippen molar-refractivity contribution in [2.45, 2.75) is 92.4 Å². The van der Waals surface area contributed by atoms with Crippen LogP contribution in [0.3, 0.4) is 0 Å². The Balaban J connectivity index is 2.40. The molecule has 154 valence electrons. The summed E-state index contributed by atoms with van der Waals surface area (Å²) >= 11 is 0. The lowest BCUT2D eigenvalue weighted by molar-refractivity contribution is 0.422. The normalized spacial score (nSPS) is 15.4. The van der Waals surface area contributed by atoms with Crippen LogP contribution in [0.25, 0.3) is 0 Å². The maximum atomic E-state index is 4.13. The average Bonchev–Trinajstić information content (AvgIpc) is 2.97. The van der Waals surface area contributed by atoms with Crippen LogP contribution in [0.15, 0.2) is 53.6 Å². The molecule has 0 saturated heterocycles. The molecule has 0 amide bonds. The highest BCUT2D eigenvalue weighted by molar-refractivity contribution is 5.42. The summed E-state index contributed by atoms with van der Waals surface area (Å²) in [6, 6.07) is 7.38. The molecule has 0 nitrogen and oxygen atoms in total. The van der Waals surface area contributed by atoms with E-state index in [0.29, 0.717) is 11.8 Å². The van der Waals surface area contributed by atoms with Crippen molar-refractivity contribution in [3.63, 3.8) is 0 Å². The van der Waals surface area contributed by atoms with Gasteiger partial charge in [0.05, 0.1) is 0 Å². The van der Waals surface area contributed by atoms with Crippen molar-refractivity contribution in [1.82, 2.24) is 0 Å². The van der Waals surface area contributed by atoms with Crippen LogP contribution in [-0.4, -0.2) is 0 Å². The van der Waals surface area contributed by atoms with E-state index >= 15 is 0 Å². The first-order valence-electron chi connectivity index (χ1n) is 11.3. The quantitative estimate of drug-likeness (QED) is 0.357. The van der Waals surface area contributed by atoms with Gasteiger partial charge in [-0.15, -0.1) is 6.58 Å². The van der Waals surface area contributed by atoms with Crippen molar-refractivity contribution in [2.24, 2.45) is 11.8 Å². The van der Waals surface area contributed by atoms with E-state index in [2.05, 4.69) is 85.4 Å². The Morgan fingerprint density at radius 2 is 1.68 bits per heavy atom. The second kappa shape index (κ2) is 10.3. The van der Waals surface area contributed by atoms with Crippen LogP contribution in [-0.2, 0) is 6.42 Å². The zero-order chi connectivity index (χ0) is 20.8. The van der Waals surface area contributed by atoms with E-state index in [-0.39, 0.29) is 0 Å². The molecule has 0 fully saturated rings. The molecule has 0 bridgehead atoms. The van der Waals surface area contributed by atoms with Gasteiger partial charge in [0, 0.05) is 0 Å². The highest BCUT2D eigenvalue weighted by Gasteiger charge is 2.20. The molecular weight excluding hydrogens is 336 g/mol. The van der Waals surface area contributed by atoms with Gasteiger partial charge in [0.25, 0.3) is 0 Å². The van der Waals surface area contributed by atoms with Crippen LogP contribution in [0, 0.1) is 11.8 Å². The number of hydrogen-bond acceptors (Lipinski definition) is 0. The van der Waals surface area contributed by atoms with Gasteiger partial charge >= 0.3 is 0 Å². The minimum absolute atomic E-state index is 0.538. The van der Waals surface area contributed by atoms with Gasteiger partial charge in [-0.3, -0.25) is 0 Å². The van der Waals surface area contributed by atoms with Crippen LogP contribution >= 0.6 is 0 Å². The maximum absolute atomic E-state index is 4.13.